The fourth-order valence-corrected chi connectivity index (χ4v) is 5.87. The first-order valence-electron chi connectivity index (χ1n) is 14.1. The Bertz CT molecular complexity index is 1710. The molecule has 0 N–H and O–H groups in total. The Labute approximate surface area is 282 Å². The van der Waals surface area contributed by atoms with Crippen LogP contribution in [0, 0.1) is 6.92 Å². The lowest BCUT2D eigenvalue weighted by Crippen LogP contribution is -3.00. The monoisotopic (exact) mass is 672 g/mol. The van der Waals surface area contributed by atoms with Crippen molar-refractivity contribution in [3.8, 4) is 16.3 Å². The molecule has 1 heterocycles. The van der Waals surface area contributed by atoms with E-state index in [4.69, 9.17) is 9.72 Å². The highest BCUT2D eigenvalue weighted by molar-refractivity contribution is 7.21. The van der Waals surface area contributed by atoms with Crippen molar-refractivity contribution < 1.29 is 36.0 Å². The minimum Gasteiger partial charge on any atom is -1.00 e. The highest BCUT2D eigenvalue weighted by atomic mass is 35.5. The number of quaternary nitrogens is 2. The fraction of sp³-hybridized carbons (Fsp3) is 0.364. The minimum absolute atomic E-state index is 0. The molecule has 1 aromatic heterocycles. The number of carbonyl (C=O) groups excluding carboxylic acids is 1. The van der Waals surface area contributed by atoms with Crippen LogP contribution in [0.5, 0.6) is 5.75 Å². The number of aryl methyl sites for hydroxylation is 1. The molecule has 0 saturated heterocycles. The zero-order valence-electron chi connectivity index (χ0n) is 27.3. The number of aromatic nitrogens is 1. The first-order chi connectivity index (χ1) is 20.1. The number of Topliss-reactive ketones (excluding diaryl/α,β-unsaturated/α-hetero) is 1. The van der Waals surface area contributed by atoms with Gasteiger partial charge in [-0.05, 0) is 61.7 Å². The van der Waals surface area contributed by atoms with Crippen LogP contribution in [0.2, 0.25) is 0 Å². The van der Waals surface area contributed by atoms with Gasteiger partial charge in [0, 0.05) is 16.7 Å². The van der Waals surface area contributed by atoms with Gasteiger partial charge >= 0.3 is 0 Å². The number of rotatable bonds is 11. The quantitative estimate of drug-likeness (QED) is 0.106. The third-order valence-corrected chi connectivity index (χ3v) is 7.89. The molecule has 0 aliphatic carbocycles. The average Bonchev–Trinajstić information content (AvgIpc) is 3.34. The zero-order chi connectivity index (χ0) is 31.5. The number of methoxy groups -OCH3 is 1. The van der Waals surface area contributed by atoms with Crippen molar-refractivity contribution >= 4 is 57.0 Å². The maximum absolute atomic E-state index is 13.0. The number of nitrogens with zero attached hydrogens (tertiary/aromatic N) is 6. The SMILES string of the molecule is COc1ccccc1N=C([O-])C(N=Nc1ccc(-c2nc3ccc(C)c(C[N+](C)(C)C)c3s2)cc1C[N+](C)(C)C)C(C)=O.Cl.[Cl-]. The van der Waals surface area contributed by atoms with Crippen LogP contribution in [0.1, 0.15) is 23.6 Å². The van der Waals surface area contributed by atoms with Gasteiger partial charge in [-0.2, -0.15) is 10.2 Å². The van der Waals surface area contributed by atoms with Gasteiger partial charge in [-0.1, -0.05) is 18.2 Å². The Morgan fingerprint density at radius 1 is 0.978 bits per heavy atom. The normalized spacial score (nSPS) is 13.0. The predicted molar refractivity (Wildman–Crippen MR) is 180 cm³/mol. The van der Waals surface area contributed by atoms with Gasteiger partial charge in [0.1, 0.15) is 29.5 Å². The van der Waals surface area contributed by atoms with Crippen LogP contribution in [0.3, 0.4) is 0 Å². The molecular weight excluding hydrogens is 631 g/mol. The van der Waals surface area contributed by atoms with Gasteiger partial charge in [0.15, 0.2) is 11.8 Å². The lowest BCUT2D eigenvalue weighted by molar-refractivity contribution is -0.883. The van der Waals surface area contributed by atoms with E-state index < -0.39 is 17.7 Å². The van der Waals surface area contributed by atoms with E-state index in [0.29, 0.717) is 28.2 Å². The predicted octanol–water partition coefficient (Wildman–Crippen LogP) is 3.25. The summed E-state index contributed by atoms with van der Waals surface area (Å²) in [7, 11) is 14.4. The molecule has 9 nitrogen and oxygen atoms in total. The summed E-state index contributed by atoms with van der Waals surface area (Å²) in [4.78, 5) is 21.6. The molecule has 4 rings (SSSR count). The first-order valence-corrected chi connectivity index (χ1v) is 14.9. The smallest absolute Gasteiger partial charge is 0.161 e. The van der Waals surface area contributed by atoms with E-state index in [1.54, 1.807) is 35.6 Å². The Kier molecular flexibility index (Phi) is 12.8. The van der Waals surface area contributed by atoms with E-state index in [2.05, 4.69) is 82.6 Å². The van der Waals surface area contributed by atoms with Gasteiger partial charge < -0.3 is 31.2 Å². The van der Waals surface area contributed by atoms with E-state index in [1.165, 1.54) is 29.9 Å². The Hall–Kier alpha value is -3.41. The van der Waals surface area contributed by atoms with Crippen LogP contribution in [0.25, 0.3) is 20.8 Å². The lowest BCUT2D eigenvalue weighted by Gasteiger charge is -2.25. The van der Waals surface area contributed by atoms with Gasteiger partial charge in [0.25, 0.3) is 0 Å². The number of ketones is 1. The van der Waals surface area contributed by atoms with Crippen LogP contribution >= 0.6 is 23.7 Å². The van der Waals surface area contributed by atoms with Crippen LogP contribution in [0.4, 0.5) is 11.4 Å². The molecule has 0 amide bonds. The molecule has 0 fully saturated rings. The largest absolute Gasteiger partial charge is 1.00 e. The Balaban J connectivity index is 0.00000353. The molecule has 0 bridgehead atoms. The molecule has 3 aromatic carbocycles. The number of aliphatic imine (C=N–C) groups is 1. The second-order valence-corrected chi connectivity index (χ2v) is 13.8. The number of fused-ring (bicyclic) bond motifs is 1. The highest BCUT2D eigenvalue weighted by Gasteiger charge is 2.20. The molecule has 0 spiro atoms. The maximum atomic E-state index is 13.0. The molecule has 0 aliphatic heterocycles. The number of benzene rings is 3. The van der Waals surface area contributed by atoms with Gasteiger partial charge in [-0.15, -0.1) is 23.7 Å². The summed E-state index contributed by atoms with van der Waals surface area (Å²) in [6, 6.07) is 15.7. The van der Waals surface area contributed by atoms with Crippen molar-refractivity contribution in [3.05, 3.63) is 71.3 Å². The zero-order valence-corrected chi connectivity index (χ0v) is 29.7. The van der Waals surface area contributed by atoms with Crippen molar-refractivity contribution in [2.24, 2.45) is 15.2 Å². The lowest BCUT2D eigenvalue weighted by atomic mass is 10.1. The number of carbonyl (C=O) groups is 1. The molecule has 0 aliphatic rings. The number of thiazole rings is 1. The van der Waals surface area contributed by atoms with E-state index in [0.717, 1.165) is 32.7 Å². The van der Waals surface area contributed by atoms with E-state index in [1.807, 2.05) is 12.1 Å². The van der Waals surface area contributed by atoms with Gasteiger partial charge in [-0.3, -0.25) is 9.79 Å². The van der Waals surface area contributed by atoms with Crippen molar-refractivity contribution in [1.29, 1.82) is 0 Å². The molecule has 1 unspecified atom stereocenters. The second-order valence-electron chi connectivity index (χ2n) is 12.8. The molecule has 0 saturated carbocycles. The minimum atomic E-state index is -1.35. The molecular formula is C33H42Cl2N6O3S. The summed E-state index contributed by atoms with van der Waals surface area (Å²) < 4.78 is 7.98. The van der Waals surface area contributed by atoms with Crippen LogP contribution in [-0.2, 0) is 17.9 Å². The Morgan fingerprint density at radius 3 is 2.27 bits per heavy atom. The standard InChI is InChI=1S/C33H41N6O3S.2ClH/c1-21-14-16-28-31(25(21)20-39(6,7)8)43-33(35-28)23-15-17-26(24(18-23)19-38(3,4)5)36-37-30(22(2)40)32(41)34-27-12-10-11-13-29(27)42-9;;/h10-18,30H,19-20H2,1-9H3;2*1H/q+1;;/p-1. The number of hydrogen-bond donors (Lipinski definition) is 0. The number of para-hydroxylation sites is 2. The topological polar surface area (TPSA) is 99.3 Å². The van der Waals surface area contributed by atoms with E-state index in [9.17, 15) is 9.90 Å². The number of halogens is 2. The molecule has 242 valence electrons. The van der Waals surface area contributed by atoms with Crippen molar-refractivity contribution in [3.63, 3.8) is 0 Å². The number of hydrogen-bond acceptors (Lipinski definition) is 8. The van der Waals surface area contributed by atoms with Gasteiger partial charge in [0.2, 0.25) is 0 Å². The third-order valence-electron chi connectivity index (χ3n) is 6.71. The van der Waals surface area contributed by atoms with Crippen LogP contribution in [0.15, 0.2) is 69.8 Å². The average molecular weight is 674 g/mol. The fourth-order valence-electron chi connectivity index (χ4n) is 4.72. The molecule has 0 radical (unpaired) electrons. The van der Waals surface area contributed by atoms with E-state index in [-0.39, 0.29) is 24.8 Å². The first kappa shape index (κ1) is 37.8. The Morgan fingerprint density at radius 2 is 1.64 bits per heavy atom. The summed E-state index contributed by atoms with van der Waals surface area (Å²) in [6.45, 7) is 5.04. The van der Waals surface area contributed by atoms with Gasteiger partial charge in [0.05, 0.1) is 65.3 Å². The molecule has 4 aromatic rings. The van der Waals surface area contributed by atoms with Crippen molar-refractivity contribution in [2.45, 2.75) is 33.0 Å². The van der Waals surface area contributed by atoms with Crippen LogP contribution < -0.4 is 22.3 Å². The molecule has 1 atom stereocenters. The number of ether oxygens (including phenoxy) is 1. The summed E-state index contributed by atoms with van der Waals surface area (Å²) in [6.07, 6.45) is 0. The molecule has 12 heteroatoms. The van der Waals surface area contributed by atoms with Crippen molar-refractivity contribution in [2.75, 3.05) is 49.4 Å². The van der Waals surface area contributed by atoms with E-state index >= 15 is 0 Å². The summed E-state index contributed by atoms with van der Waals surface area (Å²) in [5, 5.41) is 22.6. The van der Waals surface area contributed by atoms with Gasteiger partial charge in [-0.25, -0.2) is 4.98 Å². The summed E-state index contributed by atoms with van der Waals surface area (Å²) in [5.41, 5.74) is 6.44. The summed E-state index contributed by atoms with van der Waals surface area (Å²) >= 11 is 1.70. The maximum Gasteiger partial charge on any atom is 0.161 e. The van der Waals surface area contributed by atoms with Crippen molar-refractivity contribution in [1.82, 2.24) is 4.98 Å². The second kappa shape index (κ2) is 15.2. The number of azo groups is 1. The van der Waals surface area contributed by atoms with Crippen LogP contribution in [-0.4, -0.2) is 81.1 Å². The third kappa shape index (κ3) is 9.79. The highest BCUT2D eigenvalue weighted by Crippen LogP contribution is 2.37. The summed E-state index contributed by atoms with van der Waals surface area (Å²) in [5.74, 6) is -0.697. The molecule has 45 heavy (non-hydrogen) atoms.